The van der Waals surface area contributed by atoms with E-state index in [-0.39, 0.29) is 0 Å². The van der Waals surface area contributed by atoms with Crippen LogP contribution in [0.5, 0.6) is 0 Å². The molecule has 1 heterocycles. The molecule has 0 bridgehead atoms. The van der Waals surface area contributed by atoms with E-state index in [9.17, 15) is 0 Å². The highest BCUT2D eigenvalue weighted by Gasteiger charge is 2.12. The highest BCUT2D eigenvalue weighted by Crippen LogP contribution is 2.36. The van der Waals surface area contributed by atoms with Crippen molar-refractivity contribution in [3.63, 3.8) is 0 Å². The summed E-state index contributed by atoms with van der Waals surface area (Å²) in [6.45, 7) is 2.02. The molecule has 1 aromatic heterocycles. The smallest absolute Gasteiger partial charge is 0.0462 e. The lowest BCUT2D eigenvalue weighted by molar-refractivity contribution is 1.20. The Morgan fingerprint density at radius 2 is 0.938 bits per heavy atom. The zero-order chi connectivity index (χ0) is 21.8. The lowest BCUT2D eigenvalue weighted by Gasteiger charge is -2.26. The van der Waals surface area contributed by atoms with Gasteiger partial charge in [-0.15, -0.1) is 0 Å². The minimum Gasteiger partial charge on any atom is -0.311 e. The van der Waals surface area contributed by atoms with Crippen LogP contribution >= 0.6 is 0 Å². The summed E-state index contributed by atoms with van der Waals surface area (Å²) in [5.41, 5.74) is 9.22. The molecule has 0 spiro atoms. The fourth-order valence-electron chi connectivity index (χ4n) is 3.99. The van der Waals surface area contributed by atoms with Crippen molar-refractivity contribution in [1.29, 1.82) is 0 Å². The van der Waals surface area contributed by atoms with Gasteiger partial charge in [0, 0.05) is 29.0 Å². The first-order valence-electron chi connectivity index (χ1n) is 10.8. The minimum absolute atomic E-state index is 1.02. The van der Waals surface area contributed by atoms with Gasteiger partial charge in [-0.3, -0.25) is 4.98 Å². The van der Waals surface area contributed by atoms with E-state index in [1.807, 2.05) is 19.2 Å². The van der Waals surface area contributed by atoms with Crippen LogP contribution in [0.2, 0.25) is 0 Å². The second kappa shape index (κ2) is 8.91. The van der Waals surface area contributed by atoms with Gasteiger partial charge in [0.05, 0.1) is 0 Å². The van der Waals surface area contributed by atoms with Crippen LogP contribution in [-0.2, 0) is 0 Å². The molecular weight excluding hydrogens is 388 g/mol. The largest absolute Gasteiger partial charge is 0.311 e. The van der Waals surface area contributed by atoms with Crippen LogP contribution in [0.3, 0.4) is 0 Å². The van der Waals surface area contributed by atoms with Crippen LogP contribution in [0.4, 0.5) is 17.1 Å². The second-order valence-electron chi connectivity index (χ2n) is 7.82. The molecule has 2 nitrogen and oxygen atoms in total. The quantitative estimate of drug-likeness (QED) is 0.289. The summed E-state index contributed by atoms with van der Waals surface area (Å²) in [5, 5.41) is 0. The monoisotopic (exact) mass is 412 g/mol. The fourth-order valence-corrected chi connectivity index (χ4v) is 3.99. The average molecular weight is 413 g/mol. The molecule has 5 rings (SSSR count). The van der Waals surface area contributed by atoms with Crippen molar-refractivity contribution < 1.29 is 0 Å². The van der Waals surface area contributed by atoms with Gasteiger partial charge >= 0.3 is 0 Å². The summed E-state index contributed by atoms with van der Waals surface area (Å²) >= 11 is 0. The number of rotatable bonds is 5. The summed E-state index contributed by atoms with van der Waals surface area (Å²) < 4.78 is 0. The van der Waals surface area contributed by atoms with Crippen LogP contribution in [-0.4, -0.2) is 4.98 Å². The molecule has 0 atom stereocenters. The lowest BCUT2D eigenvalue weighted by atomic mass is 10.0. The van der Waals surface area contributed by atoms with Crippen LogP contribution in [0.1, 0.15) is 5.69 Å². The van der Waals surface area contributed by atoms with Gasteiger partial charge in [-0.1, -0.05) is 72.8 Å². The summed E-state index contributed by atoms with van der Waals surface area (Å²) in [6.07, 6.45) is 1.86. The Morgan fingerprint density at radius 1 is 0.469 bits per heavy atom. The number of nitrogens with zero attached hydrogens (tertiary/aromatic N) is 2. The molecule has 0 saturated carbocycles. The molecule has 0 radical (unpaired) electrons. The van der Waals surface area contributed by atoms with Crippen molar-refractivity contribution in [3.05, 3.63) is 133 Å². The number of benzene rings is 4. The van der Waals surface area contributed by atoms with Gasteiger partial charge < -0.3 is 4.90 Å². The Labute approximate surface area is 189 Å². The summed E-state index contributed by atoms with van der Waals surface area (Å²) in [4.78, 5) is 6.60. The van der Waals surface area contributed by atoms with E-state index in [1.54, 1.807) is 0 Å². The molecular formula is C30H24N2. The van der Waals surface area contributed by atoms with Gasteiger partial charge in [0.2, 0.25) is 0 Å². The third-order valence-corrected chi connectivity index (χ3v) is 5.60. The standard InChI is InChI=1S/C30H24N2/c1-23-22-27(20-21-31-23)26-14-18-30(19-15-26)32(28-10-6-3-7-11-28)29-16-12-25(13-17-29)24-8-4-2-5-9-24/h2-22H,1H3. The average Bonchev–Trinajstić information content (AvgIpc) is 2.86. The SMILES string of the molecule is Cc1cc(-c2ccc(N(c3ccccc3)c3ccc(-c4ccccc4)cc3)cc2)ccn1. The molecule has 4 aromatic carbocycles. The highest BCUT2D eigenvalue weighted by molar-refractivity contribution is 5.79. The Hall–Kier alpha value is -4.17. The number of hydrogen-bond acceptors (Lipinski definition) is 2. The Morgan fingerprint density at radius 3 is 1.50 bits per heavy atom. The summed E-state index contributed by atoms with van der Waals surface area (Å²) in [7, 11) is 0. The predicted molar refractivity (Wildman–Crippen MR) is 135 cm³/mol. The van der Waals surface area contributed by atoms with E-state index in [2.05, 4.69) is 125 Å². The first-order chi connectivity index (χ1) is 15.8. The molecule has 0 fully saturated rings. The van der Waals surface area contributed by atoms with Crippen LogP contribution < -0.4 is 4.90 Å². The molecule has 154 valence electrons. The number of aryl methyl sites for hydroxylation is 1. The maximum Gasteiger partial charge on any atom is 0.0462 e. The normalized spacial score (nSPS) is 10.7. The van der Waals surface area contributed by atoms with Crippen molar-refractivity contribution >= 4 is 17.1 Å². The molecule has 0 unspecified atom stereocenters. The maximum atomic E-state index is 4.31. The number of aromatic nitrogens is 1. The lowest BCUT2D eigenvalue weighted by Crippen LogP contribution is -2.09. The summed E-state index contributed by atoms with van der Waals surface area (Å²) in [6, 6.07) is 42.6. The van der Waals surface area contributed by atoms with Gasteiger partial charge in [-0.25, -0.2) is 0 Å². The number of anilines is 3. The predicted octanol–water partition coefficient (Wildman–Crippen LogP) is 8.19. The first kappa shape index (κ1) is 19.8. The van der Waals surface area contributed by atoms with Crippen molar-refractivity contribution in [3.8, 4) is 22.3 Å². The number of hydrogen-bond donors (Lipinski definition) is 0. The van der Waals surface area contributed by atoms with Gasteiger partial charge in [0.15, 0.2) is 0 Å². The number of pyridine rings is 1. The molecule has 0 aliphatic carbocycles. The topological polar surface area (TPSA) is 16.1 Å². The van der Waals surface area contributed by atoms with Gasteiger partial charge in [0.25, 0.3) is 0 Å². The molecule has 0 amide bonds. The van der Waals surface area contributed by atoms with E-state index in [1.165, 1.54) is 22.3 Å². The van der Waals surface area contributed by atoms with Crippen molar-refractivity contribution in [1.82, 2.24) is 4.98 Å². The zero-order valence-electron chi connectivity index (χ0n) is 18.0. The van der Waals surface area contributed by atoms with Gasteiger partial charge in [0.1, 0.15) is 0 Å². The van der Waals surface area contributed by atoms with Crippen molar-refractivity contribution in [2.75, 3.05) is 4.90 Å². The van der Waals surface area contributed by atoms with Crippen LogP contribution in [0.25, 0.3) is 22.3 Å². The molecule has 0 aliphatic heterocycles. The molecule has 32 heavy (non-hydrogen) atoms. The Kier molecular flexibility index (Phi) is 5.50. The van der Waals surface area contributed by atoms with Crippen molar-refractivity contribution in [2.24, 2.45) is 0 Å². The fraction of sp³-hybridized carbons (Fsp3) is 0.0333. The molecule has 5 aromatic rings. The van der Waals surface area contributed by atoms with Crippen LogP contribution in [0.15, 0.2) is 128 Å². The molecule has 0 N–H and O–H groups in total. The Balaban J connectivity index is 1.52. The van der Waals surface area contributed by atoms with Gasteiger partial charge in [-0.05, 0) is 77.7 Å². The maximum absolute atomic E-state index is 4.31. The highest BCUT2D eigenvalue weighted by atomic mass is 15.1. The van der Waals surface area contributed by atoms with E-state index < -0.39 is 0 Å². The molecule has 2 heteroatoms. The zero-order valence-corrected chi connectivity index (χ0v) is 18.0. The van der Waals surface area contributed by atoms with E-state index in [4.69, 9.17) is 0 Å². The molecule has 0 saturated heterocycles. The third kappa shape index (κ3) is 4.17. The van der Waals surface area contributed by atoms with Gasteiger partial charge in [-0.2, -0.15) is 0 Å². The van der Waals surface area contributed by atoms with E-state index >= 15 is 0 Å². The van der Waals surface area contributed by atoms with E-state index in [0.29, 0.717) is 0 Å². The Bertz CT molecular complexity index is 1290. The second-order valence-corrected chi connectivity index (χ2v) is 7.82. The summed E-state index contributed by atoms with van der Waals surface area (Å²) in [5.74, 6) is 0. The molecule has 0 aliphatic rings. The van der Waals surface area contributed by atoms with Crippen LogP contribution in [0, 0.1) is 6.92 Å². The number of para-hydroxylation sites is 1. The minimum atomic E-state index is 1.02. The first-order valence-corrected chi connectivity index (χ1v) is 10.8. The van der Waals surface area contributed by atoms with E-state index in [0.717, 1.165) is 22.8 Å². The third-order valence-electron chi connectivity index (χ3n) is 5.60. The van der Waals surface area contributed by atoms with Crippen molar-refractivity contribution in [2.45, 2.75) is 6.92 Å².